The molecule has 0 aliphatic heterocycles. The van der Waals surface area contributed by atoms with Gasteiger partial charge in [0.15, 0.2) is 0 Å². The lowest BCUT2D eigenvalue weighted by atomic mass is 9.99. The van der Waals surface area contributed by atoms with Crippen molar-refractivity contribution in [3.8, 4) is 0 Å². The predicted molar refractivity (Wildman–Crippen MR) is 73.8 cm³/mol. The standard InChI is InChI=1S/C14H18N4O/c1-3-11(2)12-4-6-13(7-5-12)17-14(19)8-18-10-15-9-16-18/h4-7,9-11H,3,8H2,1-2H3,(H,17,19). The van der Waals surface area contributed by atoms with Gasteiger partial charge in [0, 0.05) is 5.69 Å². The lowest BCUT2D eigenvalue weighted by Gasteiger charge is -2.10. The first-order valence-electron chi connectivity index (χ1n) is 6.41. The fourth-order valence-electron chi connectivity index (χ4n) is 1.79. The number of carbonyl (C=O) groups excluding carboxylic acids is 1. The van der Waals surface area contributed by atoms with Crippen molar-refractivity contribution in [3.63, 3.8) is 0 Å². The van der Waals surface area contributed by atoms with Gasteiger partial charge in [0.2, 0.25) is 5.91 Å². The summed E-state index contributed by atoms with van der Waals surface area (Å²) in [5, 5.41) is 6.73. The van der Waals surface area contributed by atoms with Crippen LogP contribution in [0.3, 0.4) is 0 Å². The highest BCUT2D eigenvalue weighted by Gasteiger charge is 2.05. The quantitative estimate of drug-likeness (QED) is 0.896. The summed E-state index contributed by atoms with van der Waals surface area (Å²) < 4.78 is 1.49. The predicted octanol–water partition coefficient (Wildman–Crippen LogP) is 2.43. The Morgan fingerprint density at radius 3 is 2.68 bits per heavy atom. The van der Waals surface area contributed by atoms with Gasteiger partial charge in [-0.05, 0) is 30.0 Å². The summed E-state index contributed by atoms with van der Waals surface area (Å²) in [6.07, 6.45) is 4.04. The van der Waals surface area contributed by atoms with Crippen LogP contribution in [0.15, 0.2) is 36.9 Å². The molecular weight excluding hydrogens is 240 g/mol. The Hall–Kier alpha value is -2.17. The number of carbonyl (C=O) groups is 1. The normalized spacial score (nSPS) is 12.1. The molecule has 1 N–H and O–H groups in total. The van der Waals surface area contributed by atoms with Gasteiger partial charge in [-0.15, -0.1) is 0 Å². The number of hydrogen-bond donors (Lipinski definition) is 1. The van der Waals surface area contributed by atoms with Gasteiger partial charge in [0.1, 0.15) is 19.2 Å². The van der Waals surface area contributed by atoms with Crippen LogP contribution in [0.4, 0.5) is 5.69 Å². The van der Waals surface area contributed by atoms with E-state index in [1.165, 1.54) is 22.9 Å². The van der Waals surface area contributed by atoms with Crippen molar-refractivity contribution in [1.29, 1.82) is 0 Å². The second-order valence-electron chi connectivity index (χ2n) is 4.57. The van der Waals surface area contributed by atoms with Crippen LogP contribution in [0.25, 0.3) is 0 Å². The van der Waals surface area contributed by atoms with E-state index >= 15 is 0 Å². The van der Waals surface area contributed by atoms with Crippen molar-refractivity contribution in [2.45, 2.75) is 32.7 Å². The van der Waals surface area contributed by atoms with Gasteiger partial charge in [0.25, 0.3) is 0 Å². The van der Waals surface area contributed by atoms with Gasteiger partial charge in [0.05, 0.1) is 0 Å². The molecule has 0 fully saturated rings. The summed E-state index contributed by atoms with van der Waals surface area (Å²) in [6.45, 7) is 4.53. The summed E-state index contributed by atoms with van der Waals surface area (Å²) in [4.78, 5) is 15.5. The zero-order valence-electron chi connectivity index (χ0n) is 11.2. The molecule has 5 nitrogen and oxygen atoms in total. The molecular formula is C14H18N4O. The summed E-state index contributed by atoms with van der Waals surface area (Å²) >= 11 is 0. The van der Waals surface area contributed by atoms with E-state index in [4.69, 9.17) is 0 Å². The first-order valence-corrected chi connectivity index (χ1v) is 6.41. The third-order valence-corrected chi connectivity index (χ3v) is 3.15. The van der Waals surface area contributed by atoms with Crippen LogP contribution in [-0.4, -0.2) is 20.7 Å². The van der Waals surface area contributed by atoms with Crippen LogP contribution in [0.1, 0.15) is 31.7 Å². The molecule has 1 heterocycles. The van der Waals surface area contributed by atoms with E-state index in [1.54, 1.807) is 0 Å². The molecule has 1 amide bonds. The van der Waals surface area contributed by atoms with Crippen molar-refractivity contribution in [1.82, 2.24) is 14.8 Å². The average Bonchev–Trinajstić information content (AvgIpc) is 2.91. The number of anilines is 1. The van der Waals surface area contributed by atoms with Gasteiger partial charge in [-0.25, -0.2) is 9.67 Å². The van der Waals surface area contributed by atoms with Crippen LogP contribution in [0.5, 0.6) is 0 Å². The van der Waals surface area contributed by atoms with E-state index in [1.807, 2.05) is 12.1 Å². The van der Waals surface area contributed by atoms with Crippen molar-refractivity contribution in [3.05, 3.63) is 42.5 Å². The maximum atomic E-state index is 11.8. The highest BCUT2D eigenvalue weighted by Crippen LogP contribution is 2.20. The molecule has 0 saturated carbocycles. The summed E-state index contributed by atoms with van der Waals surface area (Å²) in [5.74, 6) is 0.432. The molecule has 0 aliphatic rings. The van der Waals surface area contributed by atoms with Crippen LogP contribution < -0.4 is 5.32 Å². The second-order valence-corrected chi connectivity index (χ2v) is 4.57. The van der Waals surface area contributed by atoms with Crippen LogP contribution >= 0.6 is 0 Å². The zero-order valence-corrected chi connectivity index (χ0v) is 11.2. The zero-order chi connectivity index (χ0) is 13.7. The average molecular weight is 258 g/mol. The monoisotopic (exact) mass is 258 g/mol. The lowest BCUT2D eigenvalue weighted by Crippen LogP contribution is -2.19. The highest BCUT2D eigenvalue weighted by molar-refractivity contribution is 5.90. The third kappa shape index (κ3) is 3.64. The molecule has 1 aromatic carbocycles. The molecule has 1 atom stereocenters. The molecule has 2 rings (SSSR count). The Labute approximate surface area is 112 Å². The molecule has 2 aromatic rings. The minimum atomic E-state index is -0.109. The van der Waals surface area contributed by atoms with Gasteiger partial charge >= 0.3 is 0 Å². The van der Waals surface area contributed by atoms with Crippen molar-refractivity contribution < 1.29 is 4.79 Å². The molecule has 0 radical (unpaired) electrons. The Balaban J connectivity index is 1.94. The summed E-state index contributed by atoms with van der Waals surface area (Å²) in [5.41, 5.74) is 2.09. The number of amides is 1. The molecule has 0 saturated heterocycles. The van der Waals surface area contributed by atoms with E-state index in [0.717, 1.165) is 12.1 Å². The molecule has 19 heavy (non-hydrogen) atoms. The number of rotatable bonds is 5. The van der Waals surface area contributed by atoms with E-state index < -0.39 is 0 Å². The maximum Gasteiger partial charge on any atom is 0.246 e. The van der Waals surface area contributed by atoms with Crippen LogP contribution in [0, 0.1) is 0 Å². The van der Waals surface area contributed by atoms with Gasteiger partial charge < -0.3 is 5.32 Å². The molecule has 1 unspecified atom stereocenters. The van der Waals surface area contributed by atoms with Crippen LogP contribution in [-0.2, 0) is 11.3 Å². The number of nitrogens with zero attached hydrogens (tertiary/aromatic N) is 3. The highest BCUT2D eigenvalue weighted by atomic mass is 16.2. The number of hydrogen-bond acceptors (Lipinski definition) is 3. The molecule has 0 aliphatic carbocycles. The second kappa shape index (κ2) is 6.13. The largest absolute Gasteiger partial charge is 0.324 e. The SMILES string of the molecule is CCC(C)c1ccc(NC(=O)Cn2cncn2)cc1. The van der Waals surface area contributed by atoms with Crippen molar-refractivity contribution >= 4 is 11.6 Å². The van der Waals surface area contributed by atoms with E-state index in [9.17, 15) is 4.79 Å². The molecule has 1 aromatic heterocycles. The Kier molecular flexibility index (Phi) is 4.28. The smallest absolute Gasteiger partial charge is 0.246 e. The minimum absolute atomic E-state index is 0.109. The maximum absolute atomic E-state index is 11.8. The van der Waals surface area contributed by atoms with E-state index in [0.29, 0.717) is 5.92 Å². The molecule has 0 bridgehead atoms. The summed E-state index contributed by atoms with van der Waals surface area (Å²) in [6, 6.07) is 7.97. The van der Waals surface area contributed by atoms with E-state index in [-0.39, 0.29) is 12.5 Å². The Bertz CT molecular complexity index is 519. The molecule has 0 spiro atoms. The fourth-order valence-corrected chi connectivity index (χ4v) is 1.79. The molecule has 100 valence electrons. The minimum Gasteiger partial charge on any atom is -0.324 e. The van der Waals surface area contributed by atoms with Gasteiger partial charge in [-0.3, -0.25) is 4.79 Å². The van der Waals surface area contributed by atoms with E-state index in [2.05, 4.69) is 41.4 Å². The molecule has 5 heteroatoms. The van der Waals surface area contributed by atoms with Crippen LogP contribution in [0.2, 0.25) is 0 Å². The first-order chi connectivity index (χ1) is 9.19. The fraction of sp³-hybridized carbons (Fsp3) is 0.357. The number of benzene rings is 1. The third-order valence-electron chi connectivity index (χ3n) is 3.15. The van der Waals surface area contributed by atoms with Crippen molar-refractivity contribution in [2.24, 2.45) is 0 Å². The topological polar surface area (TPSA) is 59.8 Å². The van der Waals surface area contributed by atoms with Gasteiger partial charge in [-0.1, -0.05) is 26.0 Å². The number of aromatic nitrogens is 3. The Morgan fingerprint density at radius 2 is 2.11 bits per heavy atom. The lowest BCUT2D eigenvalue weighted by molar-refractivity contribution is -0.116. The number of nitrogens with one attached hydrogen (secondary N) is 1. The van der Waals surface area contributed by atoms with Crippen molar-refractivity contribution in [2.75, 3.05) is 5.32 Å². The first kappa shape index (κ1) is 13.3. The Morgan fingerprint density at radius 1 is 1.37 bits per heavy atom. The summed E-state index contributed by atoms with van der Waals surface area (Å²) in [7, 11) is 0. The van der Waals surface area contributed by atoms with Gasteiger partial charge in [-0.2, -0.15) is 5.10 Å².